The van der Waals surface area contributed by atoms with Crippen LogP contribution in [0.1, 0.15) is 107 Å². The zero-order valence-electron chi connectivity index (χ0n) is 18.8. The maximum absolute atomic E-state index is 2.63. The lowest BCUT2D eigenvalue weighted by Crippen LogP contribution is -2.35. The summed E-state index contributed by atoms with van der Waals surface area (Å²) in [5.41, 5.74) is 0.598. The maximum atomic E-state index is 2.63. The fourth-order valence-electron chi connectivity index (χ4n) is 6.30. The van der Waals surface area contributed by atoms with E-state index in [1.54, 1.807) is 0 Å². The van der Waals surface area contributed by atoms with Gasteiger partial charge in [0.05, 0.1) is 0 Å². The standard InChI is InChI=1S/C25H48/c1-9-18(5)23-11-12-25(8,16-23)20(7)19(6)22(10-2)13-21-14-24(15-21)17(3)4/h17-24H,9-16H2,1-8H3. The fraction of sp³-hybridized carbons (Fsp3) is 1.00. The molecule has 2 aliphatic rings. The molecule has 0 saturated heterocycles. The second-order valence-corrected chi connectivity index (χ2v) is 10.9. The average Bonchev–Trinajstić information content (AvgIpc) is 2.95. The Morgan fingerprint density at radius 2 is 1.56 bits per heavy atom. The predicted molar refractivity (Wildman–Crippen MR) is 113 cm³/mol. The van der Waals surface area contributed by atoms with Gasteiger partial charge in [0.1, 0.15) is 0 Å². The third kappa shape index (κ3) is 4.84. The van der Waals surface area contributed by atoms with Crippen LogP contribution in [0.15, 0.2) is 0 Å². The summed E-state index contributed by atoms with van der Waals surface area (Å²) in [7, 11) is 0. The zero-order chi connectivity index (χ0) is 18.8. The van der Waals surface area contributed by atoms with E-state index in [0.29, 0.717) is 5.41 Å². The van der Waals surface area contributed by atoms with Crippen molar-refractivity contribution in [2.75, 3.05) is 0 Å². The van der Waals surface area contributed by atoms with Crippen LogP contribution in [0.4, 0.5) is 0 Å². The molecule has 2 fully saturated rings. The molecular formula is C25H48. The van der Waals surface area contributed by atoms with E-state index in [0.717, 1.165) is 47.3 Å². The third-order valence-electron chi connectivity index (χ3n) is 9.27. The number of hydrogen-bond acceptors (Lipinski definition) is 0. The fourth-order valence-corrected chi connectivity index (χ4v) is 6.30. The highest BCUT2D eigenvalue weighted by atomic mass is 14.5. The van der Waals surface area contributed by atoms with E-state index in [-0.39, 0.29) is 0 Å². The van der Waals surface area contributed by atoms with E-state index in [9.17, 15) is 0 Å². The summed E-state index contributed by atoms with van der Waals surface area (Å²) in [5.74, 6) is 7.61. The van der Waals surface area contributed by atoms with Crippen molar-refractivity contribution in [3.05, 3.63) is 0 Å². The topological polar surface area (TPSA) is 0 Å². The van der Waals surface area contributed by atoms with E-state index in [1.165, 1.54) is 51.4 Å². The van der Waals surface area contributed by atoms with E-state index < -0.39 is 0 Å². The van der Waals surface area contributed by atoms with Gasteiger partial charge in [0, 0.05) is 0 Å². The molecule has 0 aromatic rings. The van der Waals surface area contributed by atoms with E-state index in [4.69, 9.17) is 0 Å². The van der Waals surface area contributed by atoms with Gasteiger partial charge in [0.25, 0.3) is 0 Å². The lowest BCUT2D eigenvalue weighted by molar-refractivity contribution is 0.0607. The van der Waals surface area contributed by atoms with E-state index >= 15 is 0 Å². The van der Waals surface area contributed by atoms with Crippen LogP contribution in [0.25, 0.3) is 0 Å². The number of hydrogen-bond donors (Lipinski definition) is 0. The van der Waals surface area contributed by atoms with Crippen LogP contribution in [-0.4, -0.2) is 0 Å². The molecule has 0 spiro atoms. The highest BCUT2D eigenvalue weighted by Crippen LogP contribution is 2.53. The minimum atomic E-state index is 0.598. The first-order valence-electron chi connectivity index (χ1n) is 11.7. The molecule has 0 heterocycles. The molecule has 0 aromatic heterocycles. The average molecular weight is 349 g/mol. The Hall–Kier alpha value is 0. The minimum Gasteiger partial charge on any atom is -0.0651 e. The first-order valence-corrected chi connectivity index (χ1v) is 11.7. The zero-order valence-corrected chi connectivity index (χ0v) is 18.8. The molecule has 0 radical (unpaired) electrons. The molecule has 0 amide bonds. The monoisotopic (exact) mass is 348 g/mol. The Morgan fingerprint density at radius 3 is 2.08 bits per heavy atom. The van der Waals surface area contributed by atoms with Gasteiger partial charge in [-0.25, -0.2) is 0 Å². The Balaban J connectivity index is 1.90. The van der Waals surface area contributed by atoms with Crippen LogP contribution < -0.4 is 0 Å². The van der Waals surface area contributed by atoms with Crippen LogP contribution in [0.3, 0.4) is 0 Å². The van der Waals surface area contributed by atoms with Crippen molar-refractivity contribution in [1.29, 1.82) is 0 Å². The molecular weight excluding hydrogens is 300 g/mol. The lowest BCUT2D eigenvalue weighted by Gasteiger charge is -2.44. The van der Waals surface area contributed by atoms with Crippen molar-refractivity contribution in [2.24, 2.45) is 52.8 Å². The van der Waals surface area contributed by atoms with Crippen molar-refractivity contribution < 1.29 is 0 Å². The summed E-state index contributed by atoms with van der Waals surface area (Å²) in [5, 5.41) is 0. The molecule has 148 valence electrons. The molecule has 0 aliphatic heterocycles. The van der Waals surface area contributed by atoms with Gasteiger partial charge < -0.3 is 0 Å². The second kappa shape index (κ2) is 8.79. The highest BCUT2D eigenvalue weighted by Gasteiger charge is 2.44. The Kier molecular flexibility index (Phi) is 7.49. The van der Waals surface area contributed by atoms with Crippen LogP contribution in [0.5, 0.6) is 0 Å². The lowest BCUT2D eigenvalue weighted by atomic mass is 9.61. The van der Waals surface area contributed by atoms with Crippen molar-refractivity contribution >= 4 is 0 Å². The van der Waals surface area contributed by atoms with Crippen molar-refractivity contribution in [1.82, 2.24) is 0 Å². The summed E-state index contributed by atoms with van der Waals surface area (Å²) in [6, 6.07) is 0. The van der Waals surface area contributed by atoms with Gasteiger partial charge in [-0.3, -0.25) is 0 Å². The quantitative estimate of drug-likeness (QED) is 0.394. The largest absolute Gasteiger partial charge is 0.0651 e. The first kappa shape index (κ1) is 21.3. The van der Waals surface area contributed by atoms with Crippen molar-refractivity contribution in [3.63, 3.8) is 0 Å². The van der Waals surface area contributed by atoms with Crippen LogP contribution in [0.2, 0.25) is 0 Å². The third-order valence-corrected chi connectivity index (χ3v) is 9.27. The molecule has 0 nitrogen and oxygen atoms in total. The Bertz CT molecular complexity index is 391. The molecule has 0 heteroatoms. The van der Waals surface area contributed by atoms with E-state index in [2.05, 4.69) is 55.4 Å². The van der Waals surface area contributed by atoms with E-state index in [1.807, 2.05) is 0 Å². The maximum Gasteiger partial charge on any atom is -0.0295 e. The molecule has 25 heavy (non-hydrogen) atoms. The molecule has 2 saturated carbocycles. The highest BCUT2D eigenvalue weighted by molar-refractivity contribution is 4.94. The molecule has 0 bridgehead atoms. The first-order chi connectivity index (χ1) is 11.7. The van der Waals surface area contributed by atoms with Gasteiger partial charge in [-0.2, -0.15) is 0 Å². The second-order valence-electron chi connectivity index (χ2n) is 10.9. The smallest absolute Gasteiger partial charge is 0.0295 e. The summed E-state index contributed by atoms with van der Waals surface area (Å²) < 4.78 is 0. The number of rotatable bonds is 9. The molecule has 0 N–H and O–H groups in total. The van der Waals surface area contributed by atoms with Gasteiger partial charge in [-0.1, -0.05) is 68.2 Å². The minimum absolute atomic E-state index is 0.598. The molecule has 0 aromatic carbocycles. The summed E-state index contributed by atoms with van der Waals surface area (Å²) >= 11 is 0. The van der Waals surface area contributed by atoms with Gasteiger partial charge in [-0.05, 0) is 91.3 Å². The van der Waals surface area contributed by atoms with Gasteiger partial charge in [0.2, 0.25) is 0 Å². The van der Waals surface area contributed by atoms with Crippen molar-refractivity contribution in [2.45, 2.75) is 107 Å². The Morgan fingerprint density at radius 1 is 0.920 bits per heavy atom. The van der Waals surface area contributed by atoms with Crippen molar-refractivity contribution in [3.8, 4) is 0 Å². The molecule has 6 unspecified atom stereocenters. The van der Waals surface area contributed by atoms with Gasteiger partial charge >= 0.3 is 0 Å². The van der Waals surface area contributed by atoms with Crippen LogP contribution >= 0.6 is 0 Å². The van der Waals surface area contributed by atoms with Gasteiger partial charge in [-0.15, -0.1) is 0 Å². The molecule has 2 rings (SSSR count). The normalized spacial score (nSPS) is 37.6. The van der Waals surface area contributed by atoms with Gasteiger partial charge in [0.15, 0.2) is 0 Å². The van der Waals surface area contributed by atoms with Crippen LogP contribution in [0, 0.1) is 52.8 Å². The SMILES string of the molecule is CCC(C)C1CCC(C)(C(C)C(C)C(CC)CC2CC(C(C)C)C2)C1. The summed E-state index contributed by atoms with van der Waals surface area (Å²) in [4.78, 5) is 0. The predicted octanol–water partition coefficient (Wildman–Crippen LogP) is 8.21. The molecule has 6 atom stereocenters. The summed E-state index contributed by atoms with van der Waals surface area (Å²) in [6.45, 7) is 20.0. The van der Waals surface area contributed by atoms with Crippen LogP contribution in [-0.2, 0) is 0 Å². The summed E-state index contributed by atoms with van der Waals surface area (Å²) in [6.07, 6.45) is 11.7. The molecule has 2 aliphatic carbocycles. The Labute approximate surface area is 159 Å².